The smallest absolute Gasteiger partial charge is 0.180 e. The predicted octanol–water partition coefficient (Wildman–Crippen LogP) is 4.58. The lowest BCUT2D eigenvalue weighted by molar-refractivity contribution is -0.108. The van der Waals surface area contributed by atoms with Crippen LogP contribution in [-0.4, -0.2) is 13.5 Å². The van der Waals surface area contributed by atoms with Crippen LogP contribution in [0.4, 0.5) is 0 Å². The summed E-state index contributed by atoms with van der Waals surface area (Å²) in [6.07, 6.45) is 5.76. The number of carbonyl (C=O) groups is 1. The molecule has 0 aromatic heterocycles. The molecule has 0 N–H and O–H groups in total. The average molecular weight is 252 g/mol. The van der Waals surface area contributed by atoms with Gasteiger partial charge in [-0.15, -0.1) is 0 Å². The van der Waals surface area contributed by atoms with Crippen molar-refractivity contribution in [1.29, 1.82) is 0 Å². The minimum atomic E-state index is -1.90. The van der Waals surface area contributed by atoms with Crippen LogP contribution in [0.15, 0.2) is 0 Å². The van der Waals surface area contributed by atoms with E-state index in [9.17, 15) is 4.79 Å². The standard InChI is InChI=1S/C15H28OSi/c1-7-8-9-10-11-12-13-14(16)17(5,6)15(2,3)4/h7-11H2,1-6H3. The van der Waals surface area contributed by atoms with Crippen LogP contribution in [0.2, 0.25) is 18.1 Å². The second-order valence-corrected chi connectivity index (χ2v) is 11.5. The fourth-order valence-corrected chi connectivity index (χ4v) is 2.36. The van der Waals surface area contributed by atoms with Crippen LogP contribution in [0, 0.1) is 11.8 Å². The lowest BCUT2D eigenvalue weighted by Crippen LogP contribution is -2.45. The first kappa shape index (κ1) is 16.4. The van der Waals surface area contributed by atoms with Gasteiger partial charge in [0.25, 0.3) is 0 Å². The minimum absolute atomic E-state index is 0.0982. The normalized spacial score (nSPS) is 11.9. The molecule has 0 atom stereocenters. The molecule has 0 aromatic rings. The molecule has 0 aliphatic heterocycles. The Hall–Kier alpha value is -0.553. The van der Waals surface area contributed by atoms with Crippen molar-refractivity contribution in [3.63, 3.8) is 0 Å². The van der Waals surface area contributed by atoms with Gasteiger partial charge in [-0.2, -0.15) is 0 Å². The van der Waals surface area contributed by atoms with Crippen molar-refractivity contribution in [2.75, 3.05) is 0 Å². The van der Waals surface area contributed by atoms with Crippen molar-refractivity contribution in [2.45, 2.75) is 77.9 Å². The molecule has 0 saturated carbocycles. The maximum atomic E-state index is 12.1. The maximum absolute atomic E-state index is 12.1. The SMILES string of the molecule is CCCCCCC#CC(=O)[Si](C)(C)C(C)(C)C. The summed E-state index contributed by atoms with van der Waals surface area (Å²) < 4.78 is 0. The minimum Gasteiger partial charge on any atom is -0.291 e. The van der Waals surface area contributed by atoms with Crippen LogP contribution in [0.1, 0.15) is 59.8 Å². The average Bonchev–Trinajstić information content (AvgIpc) is 2.21. The number of rotatable bonds is 5. The van der Waals surface area contributed by atoms with Crippen molar-refractivity contribution in [2.24, 2.45) is 0 Å². The van der Waals surface area contributed by atoms with Gasteiger partial charge >= 0.3 is 0 Å². The Morgan fingerprint density at radius 2 is 1.71 bits per heavy atom. The maximum Gasteiger partial charge on any atom is 0.180 e. The molecule has 0 rings (SSSR count). The zero-order valence-corrected chi connectivity index (χ0v) is 13.4. The monoisotopic (exact) mass is 252 g/mol. The second-order valence-electron chi connectivity index (χ2n) is 6.32. The number of carbonyl (C=O) groups excluding carboxylic acids is 1. The summed E-state index contributed by atoms with van der Waals surface area (Å²) in [6.45, 7) is 12.9. The lowest BCUT2D eigenvalue weighted by Gasteiger charge is -2.33. The van der Waals surface area contributed by atoms with E-state index >= 15 is 0 Å². The largest absolute Gasteiger partial charge is 0.291 e. The van der Waals surface area contributed by atoms with E-state index in [0.717, 1.165) is 12.8 Å². The lowest BCUT2D eigenvalue weighted by atomic mass is 10.2. The van der Waals surface area contributed by atoms with Gasteiger partial charge in [-0.1, -0.05) is 66.0 Å². The summed E-state index contributed by atoms with van der Waals surface area (Å²) in [5, 5.41) is 0.307. The zero-order valence-electron chi connectivity index (χ0n) is 12.4. The Labute approximate surface area is 108 Å². The molecule has 0 heterocycles. The Morgan fingerprint density at radius 3 is 2.18 bits per heavy atom. The van der Waals surface area contributed by atoms with Gasteiger partial charge in [-0.25, -0.2) is 0 Å². The molecule has 2 heteroatoms. The molecule has 0 saturated heterocycles. The summed E-state index contributed by atoms with van der Waals surface area (Å²) in [5.41, 5.74) is 0. The summed E-state index contributed by atoms with van der Waals surface area (Å²) in [7, 11) is -1.90. The molecule has 0 amide bonds. The Kier molecular flexibility index (Phi) is 6.78. The van der Waals surface area contributed by atoms with E-state index < -0.39 is 8.07 Å². The number of hydrogen-bond acceptors (Lipinski definition) is 1. The highest BCUT2D eigenvalue weighted by atomic mass is 28.3. The molecule has 0 aliphatic rings. The van der Waals surface area contributed by atoms with Gasteiger partial charge < -0.3 is 0 Å². The fraction of sp³-hybridized carbons (Fsp3) is 0.800. The van der Waals surface area contributed by atoms with Crippen molar-refractivity contribution < 1.29 is 4.79 Å². The summed E-state index contributed by atoms with van der Waals surface area (Å²) in [5.74, 6) is 5.94. The first-order valence-corrected chi connectivity index (χ1v) is 9.76. The molecule has 0 unspecified atom stereocenters. The van der Waals surface area contributed by atoms with Crippen molar-refractivity contribution in [3.05, 3.63) is 0 Å². The molecule has 0 aliphatic carbocycles. The molecule has 0 radical (unpaired) electrons. The van der Waals surface area contributed by atoms with Gasteiger partial charge in [0, 0.05) is 6.42 Å². The molecule has 0 spiro atoms. The number of hydrogen-bond donors (Lipinski definition) is 0. The quantitative estimate of drug-likeness (QED) is 0.398. The second kappa shape index (κ2) is 7.01. The summed E-state index contributed by atoms with van der Waals surface area (Å²) in [4.78, 5) is 12.1. The molecule has 0 bridgehead atoms. The first-order valence-electron chi connectivity index (χ1n) is 6.76. The van der Waals surface area contributed by atoms with Gasteiger partial charge in [0.1, 0.15) is 8.07 Å². The van der Waals surface area contributed by atoms with Crippen molar-refractivity contribution in [3.8, 4) is 11.8 Å². The zero-order chi connectivity index (χ0) is 13.5. The van der Waals surface area contributed by atoms with Crippen LogP contribution < -0.4 is 0 Å². The van der Waals surface area contributed by atoms with E-state index in [1.54, 1.807) is 0 Å². The highest BCUT2D eigenvalue weighted by Gasteiger charge is 2.41. The molecule has 17 heavy (non-hydrogen) atoms. The molecule has 98 valence electrons. The fourth-order valence-electron chi connectivity index (χ4n) is 1.28. The van der Waals surface area contributed by atoms with Gasteiger partial charge in [0.2, 0.25) is 0 Å². The first-order chi connectivity index (χ1) is 7.73. The Balaban J connectivity index is 4.22. The van der Waals surface area contributed by atoms with Gasteiger partial charge in [0.05, 0.1) is 0 Å². The van der Waals surface area contributed by atoms with Gasteiger partial charge in [0.15, 0.2) is 5.41 Å². The third-order valence-electron chi connectivity index (χ3n) is 3.80. The van der Waals surface area contributed by atoms with Crippen LogP contribution in [0.25, 0.3) is 0 Å². The van der Waals surface area contributed by atoms with Crippen LogP contribution in [-0.2, 0) is 4.79 Å². The van der Waals surface area contributed by atoms with E-state index in [4.69, 9.17) is 0 Å². The van der Waals surface area contributed by atoms with Gasteiger partial charge in [-0.05, 0) is 17.4 Å². The van der Waals surface area contributed by atoms with E-state index in [2.05, 4.69) is 52.6 Å². The van der Waals surface area contributed by atoms with Gasteiger partial charge in [-0.3, -0.25) is 4.79 Å². The third kappa shape index (κ3) is 5.54. The third-order valence-corrected chi connectivity index (χ3v) is 8.81. The van der Waals surface area contributed by atoms with Crippen LogP contribution in [0.5, 0.6) is 0 Å². The highest BCUT2D eigenvalue weighted by molar-refractivity contribution is 7.08. The van der Waals surface area contributed by atoms with Crippen LogP contribution in [0.3, 0.4) is 0 Å². The van der Waals surface area contributed by atoms with E-state index in [1.807, 2.05) is 0 Å². The topological polar surface area (TPSA) is 17.1 Å². The predicted molar refractivity (Wildman–Crippen MR) is 78.7 cm³/mol. The van der Waals surface area contributed by atoms with E-state index in [1.165, 1.54) is 19.3 Å². The molecular formula is C15H28OSi. The molecule has 0 aromatic carbocycles. The highest BCUT2D eigenvalue weighted by Crippen LogP contribution is 2.36. The molecule has 1 nitrogen and oxygen atoms in total. The number of unbranched alkanes of at least 4 members (excludes halogenated alkanes) is 4. The molecular weight excluding hydrogens is 224 g/mol. The molecule has 0 fully saturated rings. The van der Waals surface area contributed by atoms with Crippen molar-refractivity contribution >= 4 is 13.5 Å². The van der Waals surface area contributed by atoms with E-state index in [-0.39, 0.29) is 10.4 Å². The Morgan fingerprint density at radius 1 is 1.12 bits per heavy atom. The van der Waals surface area contributed by atoms with Crippen LogP contribution >= 0.6 is 0 Å². The Bertz CT molecular complexity index is 299. The summed E-state index contributed by atoms with van der Waals surface area (Å²) in [6, 6.07) is 0. The van der Waals surface area contributed by atoms with Crippen molar-refractivity contribution in [1.82, 2.24) is 0 Å². The van der Waals surface area contributed by atoms with E-state index in [0.29, 0.717) is 0 Å². The summed E-state index contributed by atoms with van der Waals surface area (Å²) >= 11 is 0.